The molecule has 4 rings (SSSR count). The second-order valence-corrected chi connectivity index (χ2v) is 6.22. The Kier molecular flexibility index (Phi) is 3.51. The van der Waals surface area contributed by atoms with Gasteiger partial charge in [0.25, 0.3) is 0 Å². The van der Waals surface area contributed by atoms with Crippen molar-refractivity contribution in [3.8, 4) is 5.75 Å². The molecule has 2 aromatic carbocycles. The molecule has 0 unspecified atom stereocenters. The van der Waals surface area contributed by atoms with E-state index in [1.807, 2.05) is 24.3 Å². The number of methoxy groups -OCH3 is 1. The van der Waals surface area contributed by atoms with E-state index in [0.717, 1.165) is 35.4 Å². The second-order valence-electron chi connectivity index (χ2n) is 5.38. The lowest BCUT2D eigenvalue weighted by molar-refractivity contribution is 0.415. The standard InChI is InChI=1S/C17H13Cl2N3O/c1-23-16-8-14-12(7-13(16)19)17(21-9-20-14)22-5-4-10-2-3-11(18)6-15(10)22/h2-3,6-9H,4-5H2,1H3. The molecule has 116 valence electrons. The summed E-state index contributed by atoms with van der Waals surface area (Å²) in [4.78, 5) is 11.0. The highest BCUT2D eigenvalue weighted by atomic mass is 35.5. The van der Waals surface area contributed by atoms with E-state index >= 15 is 0 Å². The van der Waals surface area contributed by atoms with Crippen LogP contribution in [0.15, 0.2) is 36.7 Å². The molecule has 0 spiro atoms. The van der Waals surface area contributed by atoms with Crippen molar-refractivity contribution >= 4 is 45.6 Å². The molecule has 3 aromatic rings. The second kappa shape index (κ2) is 5.55. The molecule has 4 nitrogen and oxygen atoms in total. The number of halogens is 2. The zero-order valence-corrected chi connectivity index (χ0v) is 13.9. The summed E-state index contributed by atoms with van der Waals surface area (Å²) in [6.07, 6.45) is 2.52. The Hall–Kier alpha value is -2.04. The van der Waals surface area contributed by atoms with Gasteiger partial charge in [0.2, 0.25) is 0 Å². The summed E-state index contributed by atoms with van der Waals surface area (Å²) < 4.78 is 5.27. The number of nitrogens with zero attached hydrogens (tertiary/aromatic N) is 3. The fourth-order valence-electron chi connectivity index (χ4n) is 2.99. The highest BCUT2D eigenvalue weighted by molar-refractivity contribution is 6.33. The van der Waals surface area contributed by atoms with Crippen molar-refractivity contribution < 1.29 is 4.74 Å². The summed E-state index contributed by atoms with van der Waals surface area (Å²) in [6, 6.07) is 9.65. The largest absolute Gasteiger partial charge is 0.495 e. The van der Waals surface area contributed by atoms with Gasteiger partial charge in [0.05, 0.1) is 17.6 Å². The molecule has 2 heterocycles. The predicted molar refractivity (Wildman–Crippen MR) is 93.3 cm³/mol. The minimum absolute atomic E-state index is 0.543. The number of rotatable bonds is 2. The van der Waals surface area contributed by atoms with Crippen LogP contribution in [0.3, 0.4) is 0 Å². The van der Waals surface area contributed by atoms with Crippen LogP contribution in [0.2, 0.25) is 10.0 Å². The third-order valence-electron chi connectivity index (χ3n) is 4.09. The summed E-state index contributed by atoms with van der Waals surface area (Å²) >= 11 is 12.4. The molecule has 0 atom stereocenters. The summed E-state index contributed by atoms with van der Waals surface area (Å²) in [5.41, 5.74) is 3.15. The van der Waals surface area contributed by atoms with Crippen LogP contribution in [-0.4, -0.2) is 23.6 Å². The average molecular weight is 346 g/mol. The molecule has 0 radical (unpaired) electrons. The first-order valence-electron chi connectivity index (χ1n) is 7.21. The van der Waals surface area contributed by atoms with E-state index in [1.54, 1.807) is 13.4 Å². The Bertz CT molecular complexity index is 914. The number of hydrogen-bond acceptors (Lipinski definition) is 4. The molecule has 0 aliphatic carbocycles. The number of ether oxygens (including phenoxy) is 1. The van der Waals surface area contributed by atoms with Gasteiger partial charge in [-0.1, -0.05) is 29.3 Å². The number of hydrogen-bond donors (Lipinski definition) is 0. The zero-order valence-electron chi connectivity index (χ0n) is 12.4. The van der Waals surface area contributed by atoms with Gasteiger partial charge in [-0.2, -0.15) is 0 Å². The Morgan fingerprint density at radius 1 is 1.13 bits per heavy atom. The van der Waals surface area contributed by atoms with Gasteiger partial charge in [0.15, 0.2) is 0 Å². The maximum absolute atomic E-state index is 6.29. The molecule has 1 aliphatic rings. The molecule has 0 saturated heterocycles. The molecule has 0 amide bonds. The van der Waals surface area contributed by atoms with E-state index < -0.39 is 0 Å². The van der Waals surface area contributed by atoms with Crippen LogP contribution in [0.25, 0.3) is 10.9 Å². The zero-order chi connectivity index (χ0) is 16.0. The maximum atomic E-state index is 6.29. The lowest BCUT2D eigenvalue weighted by Crippen LogP contribution is -2.15. The third-order valence-corrected chi connectivity index (χ3v) is 4.62. The first-order valence-corrected chi connectivity index (χ1v) is 7.97. The van der Waals surface area contributed by atoms with Crippen molar-refractivity contribution in [3.05, 3.63) is 52.3 Å². The predicted octanol–water partition coefficient (Wildman–Crippen LogP) is 4.64. The first kappa shape index (κ1) is 14.5. The van der Waals surface area contributed by atoms with Crippen molar-refractivity contribution in [1.82, 2.24) is 9.97 Å². The molecule has 23 heavy (non-hydrogen) atoms. The molecular weight excluding hydrogens is 333 g/mol. The van der Waals surface area contributed by atoms with Gasteiger partial charge in [0, 0.05) is 28.7 Å². The molecule has 0 bridgehead atoms. The van der Waals surface area contributed by atoms with Crippen molar-refractivity contribution in [2.45, 2.75) is 6.42 Å². The Labute approximate surface area is 143 Å². The molecule has 1 aromatic heterocycles. The number of aromatic nitrogens is 2. The minimum atomic E-state index is 0.543. The van der Waals surface area contributed by atoms with Crippen molar-refractivity contribution in [2.24, 2.45) is 0 Å². The number of benzene rings is 2. The molecule has 0 saturated carbocycles. The Morgan fingerprint density at radius 3 is 2.83 bits per heavy atom. The van der Waals surface area contributed by atoms with E-state index in [0.29, 0.717) is 15.8 Å². The van der Waals surface area contributed by atoms with Crippen molar-refractivity contribution in [2.75, 3.05) is 18.6 Å². The first-order chi connectivity index (χ1) is 11.2. The van der Waals surface area contributed by atoms with E-state index in [4.69, 9.17) is 27.9 Å². The SMILES string of the molecule is COc1cc2ncnc(N3CCc4ccc(Cl)cc43)c2cc1Cl. The smallest absolute Gasteiger partial charge is 0.144 e. The summed E-state index contributed by atoms with van der Waals surface area (Å²) in [5.74, 6) is 1.44. The van der Waals surface area contributed by atoms with Gasteiger partial charge >= 0.3 is 0 Å². The fraction of sp³-hybridized carbons (Fsp3) is 0.176. The van der Waals surface area contributed by atoms with E-state index in [1.165, 1.54) is 5.56 Å². The highest BCUT2D eigenvalue weighted by Crippen LogP contribution is 2.39. The van der Waals surface area contributed by atoms with Gasteiger partial charge in [0.1, 0.15) is 17.9 Å². The van der Waals surface area contributed by atoms with Gasteiger partial charge in [-0.05, 0) is 30.2 Å². The molecule has 0 N–H and O–H groups in total. The summed E-state index contributed by atoms with van der Waals surface area (Å²) in [7, 11) is 1.59. The van der Waals surface area contributed by atoms with Crippen LogP contribution in [-0.2, 0) is 6.42 Å². The van der Waals surface area contributed by atoms with Gasteiger partial charge in [-0.25, -0.2) is 9.97 Å². The van der Waals surface area contributed by atoms with E-state index in [9.17, 15) is 0 Å². The lowest BCUT2D eigenvalue weighted by atomic mass is 10.1. The van der Waals surface area contributed by atoms with Crippen LogP contribution >= 0.6 is 23.2 Å². The van der Waals surface area contributed by atoms with Crippen molar-refractivity contribution in [1.29, 1.82) is 0 Å². The number of anilines is 2. The van der Waals surface area contributed by atoms with Crippen molar-refractivity contribution in [3.63, 3.8) is 0 Å². The summed E-state index contributed by atoms with van der Waals surface area (Å²) in [5, 5.41) is 2.15. The normalized spacial score (nSPS) is 13.4. The Morgan fingerprint density at radius 2 is 2.00 bits per heavy atom. The van der Waals surface area contributed by atoms with Crippen LogP contribution in [0, 0.1) is 0 Å². The molecular formula is C17H13Cl2N3O. The van der Waals surface area contributed by atoms with Crippen LogP contribution in [0.1, 0.15) is 5.56 Å². The van der Waals surface area contributed by atoms with Crippen LogP contribution < -0.4 is 9.64 Å². The summed E-state index contributed by atoms with van der Waals surface area (Å²) in [6.45, 7) is 0.853. The average Bonchev–Trinajstić information content (AvgIpc) is 2.96. The van der Waals surface area contributed by atoms with E-state index in [2.05, 4.69) is 20.9 Å². The highest BCUT2D eigenvalue weighted by Gasteiger charge is 2.24. The monoisotopic (exact) mass is 345 g/mol. The number of fused-ring (bicyclic) bond motifs is 2. The lowest BCUT2D eigenvalue weighted by Gasteiger charge is -2.20. The fourth-order valence-corrected chi connectivity index (χ4v) is 3.39. The molecule has 6 heteroatoms. The minimum Gasteiger partial charge on any atom is -0.495 e. The van der Waals surface area contributed by atoms with Gasteiger partial charge in [-0.15, -0.1) is 0 Å². The van der Waals surface area contributed by atoms with E-state index in [-0.39, 0.29) is 0 Å². The third kappa shape index (κ3) is 2.38. The van der Waals surface area contributed by atoms with Gasteiger partial charge in [-0.3, -0.25) is 0 Å². The van der Waals surface area contributed by atoms with Crippen LogP contribution in [0.5, 0.6) is 5.75 Å². The Balaban J connectivity index is 1.91. The van der Waals surface area contributed by atoms with Gasteiger partial charge < -0.3 is 9.64 Å². The van der Waals surface area contributed by atoms with Crippen LogP contribution in [0.4, 0.5) is 11.5 Å². The topological polar surface area (TPSA) is 38.3 Å². The maximum Gasteiger partial charge on any atom is 0.144 e. The quantitative estimate of drug-likeness (QED) is 0.678. The molecule has 0 fully saturated rings. The molecule has 1 aliphatic heterocycles.